The molecule has 1 aromatic heterocycles. The molecule has 0 bridgehead atoms. The van der Waals surface area contributed by atoms with Crippen molar-refractivity contribution in [1.29, 1.82) is 5.26 Å². The predicted molar refractivity (Wildman–Crippen MR) is 78.1 cm³/mol. The summed E-state index contributed by atoms with van der Waals surface area (Å²) in [6.07, 6.45) is 1.59. The number of aromatic nitrogens is 1. The standard InChI is InChI=1S/C13H18N4O3S/c1-17(2)21(18,19)9-11-7-20-8-12(11)16-13-10(6-14)4-3-5-15-13/h3-5,11-12H,7-9H2,1-2H3,(H,15,16)/t11-,12+/m0/s1. The van der Waals surface area contributed by atoms with E-state index in [0.717, 1.165) is 0 Å². The van der Waals surface area contributed by atoms with E-state index in [9.17, 15) is 8.42 Å². The van der Waals surface area contributed by atoms with Crippen molar-refractivity contribution in [2.24, 2.45) is 5.92 Å². The average molecular weight is 310 g/mol. The highest BCUT2D eigenvalue weighted by atomic mass is 32.2. The molecule has 1 aliphatic rings. The van der Waals surface area contributed by atoms with Crippen molar-refractivity contribution in [2.75, 3.05) is 38.4 Å². The molecule has 0 aromatic carbocycles. The molecule has 1 N–H and O–H groups in total. The number of nitrogens with one attached hydrogen (secondary N) is 1. The van der Waals surface area contributed by atoms with E-state index in [1.165, 1.54) is 18.4 Å². The largest absolute Gasteiger partial charge is 0.379 e. The first-order valence-corrected chi connectivity index (χ1v) is 8.14. The topological polar surface area (TPSA) is 95.3 Å². The van der Waals surface area contributed by atoms with Crippen molar-refractivity contribution in [3.63, 3.8) is 0 Å². The molecule has 114 valence electrons. The zero-order valence-electron chi connectivity index (χ0n) is 12.0. The molecule has 1 aliphatic heterocycles. The number of pyridine rings is 1. The van der Waals surface area contributed by atoms with Crippen molar-refractivity contribution >= 4 is 15.8 Å². The van der Waals surface area contributed by atoms with Gasteiger partial charge < -0.3 is 10.1 Å². The summed E-state index contributed by atoms with van der Waals surface area (Å²) in [6, 6.07) is 5.23. The number of anilines is 1. The molecule has 2 heterocycles. The first-order chi connectivity index (χ1) is 9.94. The fourth-order valence-corrected chi connectivity index (χ4v) is 3.30. The molecule has 0 unspecified atom stereocenters. The maximum Gasteiger partial charge on any atom is 0.214 e. The Morgan fingerprint density at radius 2 is 2.29 bits per heavy atom. The van der Waals surface area contributed by atoms with E-state index in [1.807, 2.05) is 0 Å². The van der Waals surface area contributed by atoms with Crippen LogP contribution in [0.1, 0.15) is 5.56 Å². The molecule has 1 fully saturated rings. The Hall–Kier alpha value is -1.69. The second kappa shape index (κ2) is 6.39. The molecule has 21 heavy (non-hydrogen) atoms. The SMILES string of the molecule is CN(C)S(=O)(=O)C[C@@H]1COC[C@H]1Nc1ncccc1C#N. The fraction of sp³-hybridized carbons (Fsp3) is 0.538. The van der Waals surface area contributed by atoms with E-state index in [0.29, 0.717) is 24.6 Å². The van der Waals surface area contributed by atoms with Crippen molar-refractivity contribution in [2.45, 2.75) is 6.04 Å². The van der Waals surface area contributed by atoms with Gasteiger partial charge in [0.05, 0.1) is 30.6 Å². The van der Waals surface area contributed by atoms with Crippen LogP contribution in [0.15, 0.2) is 18.3 Å². The summed E-state index contributed by atoms with van der Waals surface area (Å²) in [5.41, 5.74) is 0.429. The minimum atomic E-state index is -3.29. The van der Waals surface area contributed by atoms with Crippen LogP contribution >= 0.6 is 0 Å². The maximum atomic E-state index is 12.0. The number of hydrogen-bond acceptors (Lipinski definition) is 6. The summed E-state index contributed by atoms with van der Waals surface area (Å²) in [5, 5.41) is 12.2. The zero-order valence-corrected chi connectivity index (χ0v) is 12.8. The third-order valence-corrected chi connectivity index (χ3v) is 5.39. The van der Waals surface area contributed by atoms with Crippen LogP contribution in [-0.2, 0) is 14.8 Å². The van der Waals surface area contributed by atoms with Gasteiger partial charge in [0.2, 0.25) is 10.0 Å². The molecule has 0 spiro atoms. The third-order valence-electron chi connectivity index (χ3n) is 3.43. The van der Waals surface area contributed by atoms with E-state index in [4.69, 9.17) is 10.00 Å². The summed E-state index contributed by atoms with van der Waals surface area (Å²) in [6.45, 7) is 0.772. The first-order valence-electron chi connectivity index (χ1n) is 6.53. The molecule has 1 aromatic rings. The van der Waals surface area contributed by atoms with E-state index < -0.39 is 10.0 Å². The number of rotatable bonds is 5. The highest BCUT2D eigenvalue weighted by molar-refractivity contribution is 7.89. The van der Waals surface area contributed by atoms with Crippen LogP contribution in [0.2, 0.25) is 0 Å². The van der Waals surface area contributed by atoms with Crippen LogP contribution in [-0.4, -0.2) is 56.8 Å². The number of sulfonamides is 1. The number of hydrogen-bond donors (Lipinski definition) is 1. The van der Waals surface area contributed by atoms with Gasteiger partial charge in [0.15, 0.2) is 0 Å². The smallest absolute Gasteiger partial charge is 0.214 e. The lowest BCUT2D eigenvalue weighted by Gasteiger charge is -2.21. The van der Waals surface area contributed by atoms with Gasteiger partial charge in [-0.1, -0.05) is 0 Å². The second-order valence-electron chi connectivity index (χ2n) is 5.12. The van der Waals surface area contributed by atoms with E-state index in [1.54, 1.807) is 18.3 Å². The van der Waals surface area contributed by atoms with Crippen LogP contribution in [0.5, 0.6) is 0 Å². The van der Waals surface area contributed by atoms with Gasteiger partial charge in [-0.3, -0.25) is 0 Å². The lowest BCUT2D eigenvalue weighted by atomic mass is 10.1. The fourth-order valence-electron chi connectivity index (χ4n) is 2.13. The maximum absolute atomic E-state index is 12.0. The van der Waals surface area contributed by atoms with Crippen molar-refractivity contribution < 1.29 is 13.2 Å². The summed E-state index contributed by atoms with van der Waals surface area (Å²) in [4.78, 5) is 4.13. The molecule has 1 saturated heterocycles. The molecule has 0 radical (unpaired) electrons. The molecule has 2 atom stereocenters. The van der Waals surface area contributed by atoms with Gasteiger partial charge in [-0.05, 0) is 12.1 Å². The van der Waals surface area contributed by atoms with E-state index in [-0.39, 0.29) is 17.7 Å². The summed E-state index contributed by atoms with van der Waals surface area (Å²) >= 11 is 0. The van der Waals surface area contributed by atoms with Gasteiger partial charge in [0, 0.05) is 26.2 Å². The van der Waals surface area contributed by atoms with Crippen molar-refractivity contribution in [3.05, 3.63) is 23.9 Å². The van der Waals surface area contributed by atoms with Gasteiger partial charge in [-0.25, -0.2) is 17.7 Å². The predicted octanol–water partition coefficient (Wildman–Crippen LogP) is 0.272. The highest BCUT2D eigenvalue weighted by Crippen LogP contribution is 2.22. The second-order valence-corrected chi connectivity index (χ2v) is 7.35. The van der Waals surface area contributed by atoms with Crippen molar-refractivity contribution in [3.8, 4) is 6.07 Å². The van der Waals surface area contributed by atoms with Gasteiger partial charge in [0.1, 0.15) is 11.9 Å². The average Bonchev–Trinajstić information content (AvgIpc) is 2.86. The molecule has 8 heteroatoms. The van der Waals surface area contributed by atoms with Gasteiger partial charge >= 0.3 is 0 Å². The third kappa shape index (κ3) is 3.69. The van der Waals surface area contributed by atoms with Crippen LogP contribution in [0.3, 0.4) is 0 Å². The zero-order chi connectivity index (χ0) is 15.5. The lowest BCUT2D eigenvalue weighted by Crippen LogP contribution is -2.37. The Kier molecular flexibility index (Phi) is 4.77. The number of ether oxygens (including phenoxy) is 1. The molecule has 0 aliphatic carbocycles. The Morgan fingerprint density at radius 3 is 2.95 bits per heavy atom. The Balaban J connectivity index is 2.11. The Labute approximate surface area is 124 Å². The lowest BCUT2D eigenvalue weighted by molar-refractivity contribution is 0.187. The first kappa shape index (κ1) is 15.7. The van der Waals surface area contributed by atoms with Crippen LogP contribution in [0, 0.1) is 17.2 Å². The van der Waals surface area contributed by atoms with E-state index >= 15 is 0 Å². The Bertz CT molecular complexity index is 639. The molecule has 0 amide bonds. The normalized spacial score (nSPS) is 22.2. The highest BCUT2D eigenvalue weighted by Gasteiger charge is 2.33. The number of nitrogens with zero attached hydrogens (tertiary/aromatic N) is 3. The minimum Gasteiger partial charge on any atom is -0.379 e. The molecule has 7 nitrogen and oxygen atoms in total. The van der Waals surface area contributed by atoms with Crippen LogP contribution in [0.4, 0.5) is 5.82 Å². The Morgan fingerprint density at radius 1 is 1.52 bits per heavy atom. The molecular formula is C13H18N4O3S. The van der Waals surface area contributed by atoms with Crippen LogP contribution < -0.4 is 5.32 Å². The minimum absolute atomic E-state index is 0.00634. The van der Waals surface area contributed by atoms with Gasteiger partial charge in [0.25, 0.3) is 0 Å². The van der Waals surface area contributed by atoms with Crippen LogP contribution in [0.25, 0.3) is 0 Å². The summed E-state index contributed by atoms with van der Waals surface area (Å²) in [5.74, 6) is 0.292. The van der Waals surface area contributed by atoms with Gasteiger partial charge in [-0.2, -0.15) is 5.26 Å². The monoisotopic (exact) mass is 310 g/mol. The van der Waals surface area contributed by atoms with E-state index in [2.05, 4.69) is 16.4 Å². The quantitative estimate of drug-likeness (QED) is 0.839. The molecule has 2 rings (SSSR count). The molecular weight excluding hydrogens is 292 g/mol. The van der Waals surface area contributed by atoms with Gasteiger partial charge in [-0.15, -0.1) is 0 Å². The van der Waals surface area contributed by atoms with Crippen molar-refractivity contribution in [1.82, 2.24) is 9.29 Å². The summed E-state index contributed by atoms with van der Waals surface area (Å²) < 4.78 is 30.6. The summed E-state index contributed by atoms with van der Waals surface area (Å²) in [7, 11) is -0.267. The molecule has 0 saturated carbocycles. The number of nitriles is 1.